The molecule has 3 N–H and O–H groups in total. The fraction of sp³-hybridized carbons (Fsp3) is 0.438. The molecule has 0 saturated carbocycles. The number of amides is 1. The fourth-order valence-corrected chi connectivity index (χ4v) is 2.22. The molecule has 5 heteroatoms. The maximum Gasteiger partial charge on any atom is 0.407 e. The van der Waals surface area contributed by atoms with E-state index in [-0.39, 0.29) is 6.04 Å². The Morgan fingerprint density at radius 1 is 1.43 bits per heavy atom. The van der Waals surface area contributed by atoms with Crippen LogP contribution in [0.15, 0.2) is 28.9 Å². The number of nitrogens with one attached hydrogen (secondary N) is 1. The summed E-state index contributed by atoms with van der Waals surface area (Å²) in [7, 11) is 0. The van der Waals surface area contributed by atoms with E-state index in [4.69, 9.17) is 14.9 Å². The number of alkyl carbamates (subject to hydrolysis) is 1. The molecule has 0 aliphatic rings. The maximum atomic E-state index is 11.8. The Balaban J connectivity index is 2.06. The summed E-state index contributed by atoms with van der Waals surface area (Å²) >= 11 is 0. The van der Waals surface area contributed by atoms with E-state index in [1.165, 1.54) is 0 Å². The molecular formula is C16H22N2O3. The molecule has 0 saturated heterocycles. The van der Waals surface area contributed by atoms with Crippen LogP contribution in [0, 0.1) is 0 Å². The van der Waals surface area contributed by atoms with E-state index >= 15 is 0 Å². The Bertz CT molecular complexity index is 640. The maximum absolute atomic E-state index is 11.8. The molecule has 0 aliphatic heterocycles. The molecule has 114 valence electrons. The minimum absolute atomic E-state index is 0.0880. The van der Waals surface area contributed by atoms with Gasteiger partial charge in [0.15, 0.2) is 0 Å². The third-order valence-corrected chi connectivity index (χ3v) is 2.94. The van der Waals surface area contributed by atoms with Crippen molar-refractivity contribution in [2.24, 2.45) is 0 Å². The van der Waals surface area contributed by atoms with Gasteiger partial charge in [-0.15, -0.1) is 0 Å². The van der Waals surface area contributed by atoms with Gasteiger partial charge < -0.3 is 20.2 Å². The summed E-state index contributed by atoms with van der Waals surface area (Å²) in [4.78, 5) is 11.8. The number of furan rings is 1. The fourth-order valence-electron chi connectivity index (χ4n) is 2.22. The van der Waals surface area contributed by atoms with Crippen LogP contribution >= 0.6 is 0 Å². The van der Waals surface area contributed by atoms with Crippen molar-refractivity contribution < 1.29 is 13.9 Å². The van der Waals surface area contributed by atoms with Crippen LogP contribution in [0.5, 0.6) is 0 Å². The monoisotopic (exact) mass is 290 g/mol. The molecule has 1 unspecified atom stereocenters. The van der Waals surface area contributed by atoms with Gasteiger partial charge >= 0.3 is 6.09 Å². The predicted molar refractivity (Wildman–Crippen MR) is 83.2 cm³/mol. The zero-order valence-electron chi connectivity index (χ0n) is 12.9. The molecule has 21 heavy (non-hydrogen) atoms. The second kappa shape index (κ2) is 5.68. The lowest BCUT2D eigenvalue weighted by Crippen LogP contribution is -2.38. The van der Waals surface area contributed by atoms with Gasteiger partial charge in [0.2, 0.25) is 0 Å². The van der Waals surface area contributed by atoms with Crippen LogP contribution in [0.1, 0.15) is 33.3 Å². The molecule has 1 atom stereocenters. The number of fused-ring (bicyclic) bond motifs is 1. The van der Waals surface area contributed by atoms with Gasteiger partial charge in [-0.25, -0.2) is 4.79 Å². The SMILES string of the molecule is CC(Cc1cc(N)cc2ccoc12)NC(=O)OC(C)(C)C. The molecule has 1 aromatic heterocycles. The summed E-state index contributed by atoms with van der Waals surface area (Å²) in [5, 5.41) is 3.78. The van der Waals surface area contributed by atoms with Gasteiger partial charge in [-0.2, -0.15) is 0 Å². The molecule has 1 aromatic carbocycles. The van der Waals surface area contributed by atoms with Crippen molar-refractivity contribution in [3.63, 3.8) is 0 Å². The number of benzene rings is 1. The number of carbonyl (C=O) groups excluding carboxylic acids is 1. The lowest BCUT2D eigenvalue weighted by atomic mass is 10.0. The Labute approximate surface area is 124 Å². The highest BCUT2D eigenvalue weighted by Crippen LogP contribution is 2.24. The lowest BCUT2D eigenvalue weighted by molar-refractivity contribution is 0.0508. The van der Waals surface area contributed by atoms with Crippen LogP contribution in [0.3, 0.4) is 0 Å². The van der Waals surface area contributed by atoms with Crippen LogP contribution < -0.4 is 11.1 Å². The van der Waals surface area contributed by atoms with Crippen LogP contribution in [-0.2, 0) is 11.2 Å². The van der Waals surface area contributed by atoms with Crippen molar-refractivity contribution in [1.29, 1.82) is 0 Å². The second-order valence-electron chi connectivity index (χ2n) is 6.27. The van der Waals surface area contributed by atoms with Crippen molar-refractivity contribution in [1.82, 2.24) is 5.32 Å². The second-order valence-corrected chi connectivity index (χ2v) is 6.27. The van der Waals surface area contributed by atoms with Gasteiger partial charge in [0.05, 0.1) is 6.26 Å². The number of hydrogen-bond acceptors (Lipinski definition) is 4. The first-order valence-corrected chi connectivity index (χ1v) is 7.00. The number of ether oxygens (including phenoxy) is 1. The topological polar surface area (TPSA) is 77.5 Å². The largest absolute Gasteiger partial charge is 0.464 e. The number of nitrogens with two attached hydrogens (primary N) is 1. The highest BCUT2D eigenvalue weighted by molar-refractivity contribution is 5.84. The summed E-state index contributed by atoms with van der Waals surface area (Å²) in [5.41, 5.74) is 7.85. The van der Waals surface area contributed by atoms with E-state index < -0.39 is 11.7 Å². The van der Waals surface area contributed by atoms with Crippen molar-refractivity contribution in [2.45, 2.75) is 45.8 Å². The van der Waals surface area contributed by atoms with Crippen LogP contribution in [0.2, 0.25) is 0 Å². The van der Waals surface area contributed by atoms with Gasteiger partial charge in [0.1, 0.15) is 11.2 Å². The van der Waals surface area contributed by atoms with Crippen molar-refractivity contribution in [3.05, 3.63) is 30.0 Å². The summed E-state index contributed by atoms with van der Waals surface area (Å²) in [6, 6.07) is 5.53. The number of rotatable bonds is 3. The van der Waals surface area contributed by atoms with Crippen LogP contribution in [0.4, 0.5) is 10.5 Å². The average molecular weight is 290 g/mol. The van der Waals surface area contributed by atoms with Gasteiger partial charge in [-0.05, 0) is 57.9 Å². The number of anilines is 1. The first-order valence-electron chi connectivity index (χ1n) is 7.00. The molecule has 0 fully saturated rings. The van der Waals surface area contributed by atoms with Gasteiger partial charge in [-0.1, -0.05) is 0 Å². The summed E-state index contributed by atoms with van der Waals surface area (Å²) in [5.74, 6) is 0. The summed E-state index contributed by atoms with van der Waals surface area (Å²) in [6.07, 6.45) is 1.84. The minimum Gasteiger partial charge on any atom is -0.464 e. The Kier molecular flexibility index (Phi) is 4.11. The van der Waals surface area contributed by atoms with E-state index in [1.54, 1.807) is 6.26 Å². The number of nitrogen functional groups attached to an aromatic ring is 1. The first-order chi connectivity index (χ1) is 9.74. The van der Waals surface area contributed by atoms with Crippen molar-refractivity contribution in [2.75, 3.05) is 5.73 Å². The molecular weight excluding hydrogens is 268 g/mol. The molecule has 1 heterocycles. The van der Waals surface area contributed by atoms with E-state index in [0.717, 1.165) is 16.5 Å². The van der Waals surface area contributed by atoms with Crippen LogP contribution in [-0.4, -0.2) is 17.7 Å². The molecule has 2 aromatic rings. The molecule has 0 aliphatic carbocycles. The summed E-state index contributed by atoms with van der Waals surface area (Å²) in [6.45, 7) is 7.42. The third-order valence-electron chi connectivity index (χ3n) is 2.94. The number of carbonyl (C=O) groups is 1. The minimum atomic E-state index is -0.505. The zero-order chi connectivity index (χ0) is 15.6. The standard InChI is InChI=1S/C16H22N2O3/c1-10(18-15(19)21-16(2,3)4)7-12-9-13(17)8-11-5-6-20-14(11)12/h5-6,8-10H,7,17H2,1-4H3,(H,18,19). The van der Waals surface area contributed by atoms with Crippen molar-refractivity contribution in [3.8, 4) is 0 Å². The molecule has 0 bridgehead atoms. The molecule has 1 amide bonds. The Morgan fingerprint density at radius 2 is 2.14 bits per heavy atom. The van der Waals surface area contributed by atoms with E-state index in [0.29, 0.717) is 12.1 Å². The first kappa shape index (κ1) is 15.2. The van der Waals surface area contributed by atoms with Gasteiger partial charge in [-0.3, -0.25) is 0 Å². The van der Waals surface area contributed by atoms with E-state index in [9.17, 15) is 4.79 Å². The quantitative estimate of drug-likeness (QED) is 0.848. The smallest absolute Gasteiger partial charge is 0.407 e. The average Bonchev–Trinajstić information content (AvgIpc) is 2.73. The lowest BCUT2D eigenvalue weighted by Gasteiger charge is -2.22. The normalized spacial score (nSPS) is 13.1. The van der Waals surface area contributed by atoms with Crippen LogP contribution in [0.25, 0.3) is 11.0 Å². The highest BCUT2D eigenvalue weighted by Gasteiger charge is 2.18. The predicted octanol–water partition coefficient (Wildman–Crippen LogP) is 3.47. The Hall–Kier alpha value is -2.17. The van der Waals surface area contributed by atoms with E-state index in [2.05, 4.69) is 5.32 Å². The molecule has 0 spiro atoms. The number of hydrogen-bond donors (Lipinski definition) is 2. The third kappa shape index (κ3) is 4.15. The molecule has 5 nitrogen and oxygen atoms in total. The highest BCUT2D eigenvalue weighted by atomic mass is 16.6. The van der Waals surface area contributed by atoms with Gasteiger partial charge in [0, 0.05) is 17.1 Å². The van der Waals surface area contributed by atoms with Crippen molar-refractivity contribution >= 4 is 22.7 Å². The van der Waals surface area contributed by atoms with E-state index in [1.807, 2.05) is 45.9 Å². The zero-order valence-corrected chi connectivity index (χ0v) is 12.9. The summed E-state index contributed by atoms with van der Waals surface area (Å²) < 4.78 is 10.7. The van der Waals surface area contributed by atoms with Gasteiger partial charge in [0.25, 0.3) is 0 Å². The molecule has 0 radical (unpaired) electrons. The Morgan fingerprint density at radius 3 is 2.81 bits per heavy atom. The molecule has 2 rings (SSSR count).